The Bertz CT molecular complexity index is 856. The number of hydrogen-bond acceptors (Lipinski definition) is 5. The number of ketones is 2. The minimum absolute atomic E-state index is 0.00234. The van der Waals surface area contributed by atoms with E-state index in [1.54, 1.807) is 26.0 Å². The van der Waals surface area contributed by atoms with Gasteiger partial charge in [-0.15, -0.1) is 0 Å². The number of fused-ring (bicyclic) bond motifs is 5. The van der Waals surface area contributed by atoms with Crippen LogP contribution in [0.4, 0.5) is 0 Å². The lowest BCUT2D eigenvalue weighted by Gasteiger charge is -2.60. The molecule has 0 radical (unpaired) electrons. The second-order valence-corrected chi connectivity index (χ2v) is 10.9. The molecule has 0 unspecified atom stereocenters. The Morgan fingerprint density at radius 1 is 1.26 bits per heavy atom. The molecule has 0 aromatic heterocycles. The van der Waals surface area contributed by atoms with E-state index in [-0.39, 0.29) is 70.5 Å². The third kappa shape index (κ3) is 3.35. The zero-order valence-electron chi connectivity index (χ0n) is 19.4. The van der Waals surface area contributed by atoms with Crippen LogP contribution in [0.1, 0.15) is 60.3 Å². The summed E-state index contributed by atoms with van der Waals surface area (Å²) in [7, 11) is 0. The van der Waals surface area contributed by atoms with Crippen LogP contribution in [0.5, 0.6) is 0 Å². The Balaban J connectivity index is 1.71. The average molecular weight is 429 g/mol. The number of carbonyl (C=O) groups is 3. The SMILES string of the molecule is CCC(=O)OC[C@H]1C[C@H]2[C@@H]3C[C@H](C)C4=CC(=O)C=C[C@]4(C)[C@H]3[C@@H](O)C[C@]2(C)[C@H]1C(C)=O. The molecule has 0 heterocycles. The van der Waals surface area contributed by atoms with Crippen molar-refractivity contribution in [3.05, 3.63) is 23.8 Å². The van der Waals surface area contributed by atoms with Crippen LogP contribution in [0.3, 0.4) is 0 Å². The summed E-state index contributed by atoms with van der Waals surface area (Å²) in [6.45, 7) is 10.2. The molecular weight excluding hydrogens is 392 g/mol. The molecule has 0 spiro atoms. The lowest BCUT2D eigenvalue weighted by molar-refractivity contribution is -0.148. The summed E-state index contributed by atoms with van der Waals surface area (Å²) in [5.74, 6) is 0.550. The fraction of sp³-hybridized carbons (Fsp3) is 0.731. The Hall–Kier alpha value is -1.75. The first-order valence-electron chi connectivity index (χ1n) is 11.8. The summed E-state index contributed by atoms with van der Waals surface area (Å²) < 4.78 is 5.50. The number of allylic oxidation sites excluding steroid dienone is 4. The Labute approximate surface area is 185 Å². The molecule has 0 aromatic carbocycles. The third-order valence-corrected chi connectivity index (χ3v) is 9.17. The molecule has 0 amide bonds. The molecule has 31 heavy (non-hydrogen) atoms. The first-order valence-corrected chi connectivity index (χ1v) is 11.8. The standard InChI is InChI=1S/C26H36O5/c1-6-22(30)31-13-16-10-20-18-9-14(2)19-11-17(28)7-8-25(19,4)24(18)21(29)12-26(20,5)23(16)15(3)27/h7-8,11,14,16,18,20-21,23-24,29H,6,9-10,12-13H2,1-5H3/t14-,16+,18-,20-,21-,23-,24+,25-,26-/m0/s1. The van der Waals surface area contributed by atoms with Crippen LogP contribution >= 0.6 is 0 Å². The van der Waals surface area contributed by atoms with Gasteiger partial charge < -0.3 is 9.84 Å². The van der Waals surface area contributed by atoms with Crippen molar-refractivity contribution >= 4 is 17.5 Å². The molecule has 4 aliphatic carbocycles. The molecule has 0 bridgehead atoms. The summed E-state index contributed by atoms with van der Waals surface area (Å²) in [6.07, 6.45) is 7.57. The Morgan fingerprint density at radius 3 is 2.61 bits per heavy atom. The number of aliphatic hydroxyl groups excluding tert-OH is 1. The van der Waals surface area contributed by atoms with Gasteiger partial charge in [0, 0.05) is 29.6 Å². The van der Waals surface area contributed by atoms with Gasteiger partial charge in [0.1, 0.15) is 5.78 Å². The molecule has 5 nitrogen and oxygen atoms in total. The molecular formula is C26H36O5. The van der Waals surface area contributed by atoms with E-state index >= 15 is 0 Å². The summed E-state index contributed by atoms with van der Waals surface area (Å²) in [4.78, 5) is 36.7. The summed E-state index contributed by atoms with van der Waals surface area (Å²) in [6, 6.07) is 0. The van der Waals surface area contributed by atoms with E-state index in [9.17, 15) is 19.5 Å². The molecule has 4 aliphatic rings. The van der Waals surface area contributed by atoms with Gasteiger partial charge in [-0.05, 0) is 61.5 Å². The molecule has 1 N–H and O–H groups in total. The number of rotatable bonds is 4. The molecule has 170 valence electrons. The maximum atomic E-state index is 12.8. The highest BCUT2D eigenvalue weighted by Crippen LogP contribution is 2.67. The van der Waals surface area contributed by atoms with Crippen LogP contribution in [0.25, 0.3) is 0 Å². The van der Waals surface area contributed by atoms with Gasteiger partial charge in [0.2, 0.25) is 0 Å². The van der Waals surface area contributed by atoms with Gasteiger partial charge in [-0.3, -0.25) is 14.4 Å². The van der Waals surface area contributed by atoms with Crippen LogP contribution in [-0.4, -0.2) is 35.4 Å². The van der Waals surface area contributed by atoms with Crippen LogP contribution < -0.4 is 0 Å². The van der Waals surface area contributed by atoms with Crippen molar-refractivity contribution in [2.24, 2.45) is 46.3 Å². The number of ether oxygens (including phenoxy) is 1. The van der Waals surface area contributed by atoms with Crippen molar-refractivity contribution in [1.29, 1.82) is 0 Å². The Kier molecular flexibility index (Phi) is 5.56. The van der Waals surface area contributed by atoms with Crippen molar-refractivity contribution in [3.8, 4) is 0 Å². The summed E-state index contributed by atoms with van der Waals surface area (Å²) in [5.41, 5.74) is 0.495. The van der Waals surface area contributed by atoms with E-state index in [4.69, 9.17) is 4.74 Å². The Morgan fingerprint density at radius 2 is 1.97 bits per heavy atom. The molecule has 0 aliphatic heterocycles. The van der Waals surface area contributed by atoms with Crippen LogP contribution in [-0.2, 0) is 19.1 Å². The van der Waals surface area contributed by atoms with Gasteiger partial charge in [0.25, 0.3) is 0 Å². The van der Waals surface area contributed by atoms with Crippen molar-refractivity contribution < 1.29 is 24.2 Å². The zero-order chi connectivity index (χ0) is 22.7. The minimum atomic E-state index is -0.538. The quantitative estimate of drug-likeness (QED) is 0.687. The van der Waals surface area contributed by atoms with Gasteiger partial charge in [-0.2, -0.15) is 0 Å². The second kappa shape index (κ2) is 7.68. The maximum absolute atomic E-state index is 12.8. The number of Topliss-reactive ketones (excluding diaryl/α,β-unsaturated/α-hetero) is 1. The van der Waals surface area contributed by atoms with Crippen molar-refractivity contribution in [1.82, 2.24) is 0 Å². The van der Waals surface area contributed by atoms with Crippen LogP contribution in [0.2, 0.25) is 0 Å². The zero-order valence-corrected chi connectivity index (χ0v) is 19.4. The largest absolute Gasteiger partial charge is 0.465 e. The van der Waals surface area contributed by atoms with E-state index in [2.05, 4.69) is 20.8 Å². The highest BCUT2D eigenvalue weighted by atomic mass is 16.5. The number of hydrogen-bond donors (Lipinski definition) is 1. The van der Waals surface area contributed by atoms with Crippen molar-refractivity contribution in [2.45, 2.75) is 66.4 Å². The fourth-order valence-corrected chi connectivity index (χ4v) is 8.19. The highest BCUT2D eigenvalue weighted by Gasteiger charge is 2.65. The first-order chi connectivity index (χ1) is 14.5. The molecule has 3 fully saturated rings. The van der Waals surface area contributed by atoms with Crippen LogP contribution in [0, 0.1) is 46.3 Å². The van der Waals surface area contributed by atoms with E-state index in [0.717, 1.165) is 18.4 Å². The second-order valence-electron chi connectivity index (χ2n) is 10.9. The topological polar surface area (TPSA) is 80.7 Å². The molecule has 5 heteroatoms. The monoisotopic (exact) mass is 428 g/mol. The van der Waals surface area contributed by atoms with Gasteiger partial charge in [0.15, 0.2) is 5.78 Å². The lowest BCUT2D eigenvalue weighted by atomic mass is 9.45. The molecule has 0 saturated heterocycles. The van der Waals surface area contributed by atoms with Gasteiger partial charge in [-0.25, -0.2) is 0 Å². The van der Waals surface area contributed by atoms with Gasteiger partial charge in [0.05, 0.1) is 12.7 Å². The average Bonchev–Trinajstić information content (AvgIpc) is 2.99. The smallest absolute Gasteiger partial charge is 0.305 e. The number of carbonyl (C=O) groups excluding carboxylic acids is 3. The molecule has 3 saturated carbocycles. The van der Waals surface area contributed by atoms with E-state index in [0.29, 0.717) is 12.8 Å². The number of esters is 1. The fourth-order valence-electron chi connectivity index (χ4n) is 8.19. The van der Waals surface area contributed by atoms with Gasteiger partial charge >= 0.3 is 5.97 Å². The molecule has 0 aromatic rings. The highest BCUT2D eigenvalue weighted by molar-refractivity contribution is 6.01. The van der Waals surface area contributed by atoms with Crippen molar-refractivity contribution in [2.75, 3.05) is 6.61 Å². The molecule has 9 atom stereocenters. The summed E-state index contributed by atoms with van der Waals surface area (Å²) in [5, 5.41) is 11.5. The van der Waals surface area contributed by atoms with E-state index in [1.807, 2.05) is 6.08 Å². The first kappa shape index (κ1) is 22.4. The van der Waals surface area contributed by atoms with E-state index in [1.165, 1.54) is 0 Å². The number of aliphatic hydroxyl groups is 1. The summed E-state index contributed by atoms with van der Waals surface area (Å²) >= 11 is 0. The minimum Gasteiger partial charge on any atom is -0.465 e. The van der Waals surface area contributed by atoms with Crippen molar-refractivity contribution in [3.63, 3.8) is 0 Å². The van der Waals surface area contributed by atoms with E-state index < -0.39 is 6.10 Å². The predicted octanol–water partition coefficient (Wildman–Crippen LogP) is 3.90. The predicted molar refractivity (Wildman–Crippen MR) is 117 cm³/mol. The van der Waals surface area contributed by atoms with Gasteiger partial charge in [-0.1, -0.05) is 39.3 Å². The molecule has 4 rings (SSSR count). The maximum Gasteiger partial charge on any atom is 0.305 e. The van der Waals surface area contributed by atoms with Crippen LogP contribution in [0.15, 0.2) is 23.8 Å². The normalized spacial score (nSPS) is 45.9. The third-order valence-electron chi connectivity index (χ3n) is 9.17. The lowest BCUT2D eigenvalue weighted by Crippen LogP contribution is -2.57.